The SMILES string of the molecule is CC(C)(C)c1ccc(N2C(=O)C(c3cccs3)=C(N3CCCC(CO)C3)C2=O)cc1. The number of hydrogen-bond acceptors (Lipinski definition) is 5. The molecule has 2 aliphatic heterocycles. The summed E-state index contributed by atoms with van der Waals surface area (Å²) in [5, 5.41) is 11.6. The maximum absolute atomic E-state index is 13.5. The first-order valence-corrected chi connectivity index (χ1v) is 11.3. The van der Waals surface area contributed by atoms with Crippen LogP contribution in [0, 0.1) is 5.92 Å². The highest BCUT2D eigenvalue weighted by atomic mass is 32.1. The van der Waals surface area contributed by atoms with Crippen molar-refractivity contribution in [2.24, 2.45) is 5.92 Å². The Hall–Kier alpha value is -2.44. The van der Waals surface area contributed by atoms with Gasteiger partial charge < -0.3 is 10.0 Å². The van der Waals surface area contributed by atoms with Crippen molar-refractivity contribution >= 4 is 34.4 Å². The van der Waals surface area contributed by atoms with Crippen LogP contribution in [0.1, 0.15) is 44.1 Å². The van der Waals surface area contributed by atoms with Crippen LogP contribution < -0.4 is 4.90 Å². The number of hydrogen-bond donors (Lipinski definition) is 1. The molecule has 0 saturated carbocycles. The molecule has 1 unspecified atom stereocenters. The molecule has 2 aromatic rings. The van der Waals surface area contributed by atoms with E-state index in [1.54, 1.807) is 0 Å². The largest absolute Gasteiger partial charge is 0.396 e. The summed E-state index contributed by atoms with van der Waals surface area (Å²) in [7, 11) is 0. The van der Waals surface area contributed by atoms with Gasteiger partial charge in [0.2, 0.25) is 0 Å². The van der Waals surface area contributed by atoms with Crippen molar-refractivity contribution in [1.82, 2.24) is 4.90 Å². The number of aliphatic hydroxyl groups excluding tert-OH is 1. The van der Waals surface area contributed by atoms with E-state index in [4.69, 9.17) is 0 Å². The normalized spacial score (nSPS) is 20.5. The Morgan fingerprint density at radius 2 is 1.83 bits per heavy atom. The van der Waals surface area contributed by atoms with Crippen molar-refractivity contribution in [1.29, 1.82) is 0 Å². The molecule has 1 aromatic carbocycles. The average molecular weight is 425 g/mol. The van der Waals surface area contributed by atoms with Crippen LogP contribution in [-0.4, -0.2) is 41.5 Å². The van der Waals surface area contributed by atoms with Crippen molar-refractivity contribution in [2.75, 3.05) is 24.6 Å². The first kappa shape index (κ1) is 20.8. The number of benzene rings is 1. The van der Waals surface area contributed by atoms with Gasteiger partial charge in [0.1, 0.15) is 5.70 Å². The molecular weight excluding hydrogens is 396 g/mol. The summed E-state index contributed by atoms with van der Waals surface area (Å²) < 4.78 is 0. The van der Waals surface area contributed by atoms with E-state index in [9.17, 15) is 14.7 Å². The lowest BCUT2D eigenvalue weighted by atomic mass is 9.87. The van der Waals surface area contributed by atoms with E-state index in [0.717, 1.165) is 29.8 Å². The molecule has 1 fully saturated rings. The second kappa shape index (κ2) is 8.00. The number of carbonyl (C=O) groups excluding carboxylic acids is 2. The molecule has 0 radical (unpaired) electrons. The van der Waals surface area contributed by atoms with Crippen LogP contribution in [-0.2, 0) is 15.0 Å². The molecular formula is C24H28N2O3S. The minimum absolute atomic E-state index is 0.00377. The topological polar surface area (TPSA) is 60.9 Å². The minimum atomic E-state index is -0.273. The van der Waals surface area contributed by atoms with Gasteiger partial charge in [0.25, 0.3) is 11.8 Å². The summed E-state index contributed by atoms with van der Waals surface area (Å²) in [6.45, 7) is 7.81. The molecule has 0 spiro atoms. The number of anilines is 1. The third-order valence-electron chi connectivity index (χ3n) is 5.91. The number of rotatable bonds is 4. The standard InChI is InChI=1S/C24H28N2O3S/c1-24(2,3)17-8-10-18(11-9-17)26-22(28)20(19-7-5-13-30-19)21(23(26)29)25-12-4-6-16(14-25)15-27/h5,7-11,13,16,27H,4,6,12,14-15H2,1-3H3. The Kier molecular flexibility index (Phi) is 5.55. The molecule has 4 rings (SSSR count). The number of thiophene rings is 1. The number of aliphatic hydroxyl groups is 1. The van der Waals surface area contributed by atoms with E-state index in [0.29, 0.717) is 23.5 Å². The van der Waals surface area contributed by atoms with Crippen LogP contribution in [0.4, 0.5) is 5.69 Å². The van der Waals surface area contributed by atoms with Crippen molar-refractivity contribution in [2.45, 2.75) is 39.0 Å². The van der Waals surface area contributed by atoms with Gasteiger partial charge in [0.05, 0.1) is 11.3 Å². The molecule has 1 saturated heterocycles. The Morgan fingerprint density at radius 1 is 1.10 bits per heavy atom. The van der Waals surface area contributed by atoms with E-state index in [1.165, 1.54) is 16.2 Å². The second-order valence-corrected chi connectivity index (χ2v) is 10.0. The molecule has 6 heteroatoms. The van der Waals surface area contributed by atoms with Gasteiger partial charge in [-0.25, -0.2) is 4.90 Å². The Morgan fingerprint density at radius 3 is 2.43 bits per heavy atom. The van der Waals surface area contributed by atoms with Crippen LogP contribution in [0.3, 0.4) is 0 Å². The van der Waals surface area contributed by atoms with Crippen LogP contribution in [0.15, 0.2) is 47.5 Å². The van der Waals surface area contributed by atoms with Crippen LogP contribution in [0.2, 0.25) is 0 Å². The molecule has 0 aliphatic carbocycles. The van der Waals surface area contributed by atoms with Gasteiger partial charge in [-0.15, -0.1) is 11.3 Å². The highest BCUT2D eigenvalue weighted by molar-refractivity contribution is 7.11. The zero-order chi connectivity index (χ0) is 21.5. The highest BCUT2D eigenvalue weighted by Gasteiger charge is 2.43. The molecule has 0 bridgehead atoms. The van der Waals surface area contributed by atoms with E-state index in [-0.39, 0.29) is 29.8 Å². The van der Waals surface area contributed by atoms with E-state index in [1.807, 2.05) is 46.7 Å². The Labute approximate surface area is 181 Å². The number of likely N-dealkylation sites (tertiary alicyclic amines) is 1. The lowest BCUT2D eigenvalue weighted by Gasteiger charge is -2.34. The third kappa shape index (κ3) is 3.70. The number of nitrogens with zero attached hydrogens (tertiary/aromatic N) is 2. The molecule has 2 amide bonds. The van der Waals surface area contributed by atoms with E-state index in [2.05, 4.69) is 20.8 Å². The summed E-state index contributed by atoms with van der Waals surface area (Å²) >= 11 is 1.47. The van der Waals surface area contributed by atoms with Gasteiger partial charge in [-0.2, -0.15) is 0 Å². The zero-order valence-corrected chi connectivity index (χ0v) is 18.5. The molecule has 5 nitrogen and oxygen atoms in total. The van der Waals surface area contributed by atoms with Crippen molar-refractivity contribution in [3.8, 4) is 0 Å². The molecule has 2 aliphatic rings. The van der Waals surface area contributed by atoms with Crippen LogP contribution in [0.25, 0.3) is 5.57 Å². The maximum Gasteiger partial charge on any atom is 0.282 e. The van der Waals surface area contributed by atoms with E-state index >= 15 is 0 Å². The summed E-state index contributed by atoms with van der Waals surface area (Å²) in [5.74, 6) is -0.420. The summed E-state index contributed by atoms with van der Waals surface area (Å²) in [4.78, 5) is 31.1. The van der Waals surface area contributed by atoms with Gasteiger partial charge >= 0.3 is 0 Å². The first-order chi connectivity index (χ1) is 14.3. The molecule has 158 valence electrons. The molecule has 3 heterocycles. The first-order valence-electron chi connectivity index (χ1n) is 10.4. The molecule has 30 heavy (non-hydrogen) atoms. The monoisotopic (exact) mass is 424 g/mol. The number of amides is 2. The highest BCUT2D eigenvalue weighted by Crippen LogP contribution is 2.38. The summed E-state index contributed by atoms with van der Waals surface area (Å²) in [5.41, 5.74) is 2.70. The average Bonchev–Trinajstić information content (AvgIpc) is 3.33. The quantitative estimate of drug-likeness (QED) is 0.753. The van der Waals surface area contributed by atoms with Crippen molar-refractivity contribution in [3.05, 3.63) is 57.9 Å². The van der Waals surface area contributed by atoms with E-state index < -0.39 is 0 Å². The third-order valence-corrected chi connectivity index (χ3v) is 6.80. The van der Waals surface area contributed by atoms with Crippen LogP contribution in [0.5, 0.6) is 0 Å². The second-order valence-electron chi connectivity index (χ2n) is 9.08. The summed E-state index contributed by atoms with van der Waals surface area (Å²) in [6, 6.07) is 11.5. The van der Waals surface area contributed by atoms with Gasteiger partial charge in [0.15, 0.2) is 0 Å². The smallest absolute Gasteiger partial charge is 0.282 e. The summed E-state index contributed by atoms with van der Waals surface area (Å²) in [6.07, 6.45) is 1.84. The zero-order valence-electron chi connectivity index (χ0n) is 17.7. The van der Waals surface area contributed by atoms with Crippen molar-refractivity contribution < 1.29 is 14.7 Å². The van der Waals surface area contributed by atoms with Gasteiger partial charge in [-0.05, 0) is 53.3 Å². The number of carbonyl (C=O) groups is 2. The van der Waals surface area contributed by atoms with Gasteiger partial charge in [-0.1, -0.05) is 39.0 Å². The van der Waals surface area contributed by atoms with Crippen molar-refractivity contribution in [3.63, 3.8) is 0 Å². The Balaban J connectivity index is 1.73. The molecule has 1 aromatic heterocycles. The fourth-order valence-electron chi connectivity index (χ4n) is 4.22. The molecule has 1 atom stereocenters. The molecule has 1 N–H and O–H groups in total. The fraction of sp³-hybridized carbons (Fsp3) is 0.417. The lowest BCUT2D eigenvalue weighted by molar-refractivity contribution is -0.120. The predicted octanol–water partition coefficient (Wildman–Crippen LogP) is 4.03. The fourth-order valence-corrected chi connectivity index (χ4v) is 4.98. The minimum Gasteiger partial charge on any atom is -0.396 e. The van der Waals surface area contributed by atoms with Gasteiger partial charge in [0, 0.05) is 24.6 Å². The predicted molar refractivity (Wildman–Crippen MR) is 120 cm³/mol. The lowest BCUT2D eigenvalue weighted by Crippen LogP contribution is -2.40. The maximum atomic E-state index is 13.5. The van der Waals surface area contributed by atoms with Crippen LogP contribution >= 0.6 is 11.3 Å². The Bertz CT molecular complexity index is 971. The number of imide groups is 1. The number of piperidine rings is 1. The van der Waals surface area contributed by atoms with Gasteiger partial charge in [-0.3, -0.25) is 9.59 Å².